The molecule has 4 aromatic heterocycles. The van der Waals surface area contributed by atoms with Crippen LogP contribution in [0.5, 0.6) is 0 Å². The number of H-pyrrole nitrogens is 1. The minimum atomic E-state index is -4.89. The molecule has 2 aliphatic rings. The maximum atomic E-state index is 13.3. The Morgan fingerprint density at radius 2 is 1.89 bits per heavy atom. The highest BCUT2D eigenvalue weighted by molar-refractivity contribution is 7.47. The number of carbonyl (C=O) groups excluding carboxylic acids is 1. The Balaban J connectivity index is 1.09. The van der Waals surface area contributed by atoms with E-state index in [0.717, 1.165) is 10.8 Å². The highest BCUT2D eigenvalue weighted by Gasteiger charge is 2.44. The van der Waals surface area contributed by atoms with Crippen LogP contribution in [-0.4, -0.2) is 116 Å². The van der Waals surface area contributed by atoms with Crippen molar-refractivity contribution >= 4 is 36.7 Å². The predicted octanol–water partition coefficient (Wildman–Crippen LogP) is -2.27. The first-order valence-electron chi connectivity index (χ1n) is 16.4. The molecule has 0 aliphatic carbocycles. The summed E-state index contributed by atoms with van der Waals surface area (Å²) >= 11 is 0. The van der Waals surface area contributed by atoms with Gasteiger partial charge in [0.05, 0.1) is 31.7 Å². The first kappa shape index (κ1) is 39.2. The topological polar surface area (TPSA) is 336 Å². The quantitative estimate of drug-likeness (QED) is 0.0445. The molecular weight excluding hydrogens is 755 g/mol. The van der Waals surface area contributed by atoms with E-state index in [1.807, 2.05) is 0 Å². The van der Waals surface area contributed by atoms with Gasteiger partial charge in [-0.05, 0) is 6.92 Å². The molecule has 0 bridgehead atoms. The summed E-state index contributed by atoms with van der Waals surface area (Å²) in [6.07, 6.45) is -0.454. The lowest BCUT2D eigenvalue weighted by atomic mass is 10.2. The van der Waals surface area contributed by atoms with E-state index in [0.29, 0.717) is 17.0 Å². The van der Waals surface area contributed by atoms with Gasteiger partial charge in [-0.25, -0.2) is 29.3 Å². The van der Waals surface area contributed by atoms with Crippen LogP contribution in [0.2, 0.25) is 0 Å². The smallest absolute Gasteiger partial charge is 0.472 e. The number of nitrogens with zero attached hydrogens (tertiary/aromatic N) is 7. The van der Waals surface area contributed by atoms with Gasteiger partial charge in [0.1, 0.15) is 66.6 Å². The molecule has 24 nitrogen and oxygen atoms in total. The number of carbonyl (C=O) groups is 2. The summed E-state index contributed by atoms with van der Waals surface area (Å²) in [5.41, 5.74) is 10.0. The van der Waals surface area contributed by atoms with E-state index >= 15 is 0 Å². The summed E-state index contributed by atoms with van der Waals surface area (Å²) in [4.78, 5) is 82.6. The molecular formula is C30H35N10O14P. The van der Waals surface area contributed by atoms with Crippen LogP contribution in [0.1, 0.15) is 43.1 Å². The number of anilines is 1. The van der Waals surface area contributed by atoms with E-state index in [-0.39, 0.29) is 30.8 Å². The number of aromatic nitrogens is 8. The van der Waals surface area contributed by atoms with Crippen molar-refractivity contribution in [3.63, 3.8) is 0 Å². The van der Waals surface area contributed by atoms with Gasteiger partial charge in [0, 0.05) is 25.2 Å². The molecule has 4 aromatic rings. The number of aliphatic hydroxyl groups excluding tert-OH is 1. The van der Waals surface area contributed by atoms with E-state index in [9.17, 15) is 33.7 Å². The molecule has 0 spiro atoms. The number of phosphoric acid groups is 1. The summed E-state index contributed by atoms with van der Waals surface area (Å²) in [5, 5.41) is 19.4. The molecule has 8 atom stereocenters. The van der Waals surface area contributed by atoms with Crippen molar-refractivity contribution in [3.8, 4) is 11.8 Å². The second-order valence-electron chi connectivity index (χ2n) is 12.2. The van der Waals surface area contributed by atoms with Crippen molar-refractivity contribution in [1.29, 1.82) is 0 Å². The fraction of sp³-hybridized carbons (Fsp3) is 0.467. The number of esters is 1. The molecule has 294 valence electrons. The van der Waals surface area contributed by atoms with Crippen LogP contribution < -0.4 is 27.6 Å². The number of aryl methyl sites for hydroxylation is 1. The third-order valence-electron chi connectivity index (χ3n) is 8.40. The predicted molar refractivity (Wildman–Crippen MR) is 181 cm³/mol. The van der Waals surface area contributed by atoms with Crippen molar-refractivity contribution in [3.05, 3.63) is 63.5 Å². The van der Waals surface area contributed by atoms with Gasteiger partial charge >= 0.3 is 25.5 Å². The molecule has 2 fully saturated rings. The first-order chi connectivity index (χ1) is 26.2. The van der Waals surface area contributed by atoms with E-state index < -0.39 is 93.6 Å². The molecule has 0 saturated carbocycles. The zero-order chi connectivity index (χ0) is 39.4. The number of hydrogen-bond donors (Lipinski definition) is 6. The first-order valence-corrected chi connectivity index (χ1v) is 17.9. The van der Waals surface area contributed by atoms with Gasteiger partial charge in [-0.15, -0.1) is 0 Å². The van der Waals surface area contributed by atoms with Crippen molar-refractivity contribution in [2.75, 3.05) is 25.6 Å². The zero-order valence-electron chi connectivity index (χ0n) is 28.7. The van der Waals surface area contributed by atoms with Crippen LogP contribution >= 0.6 is 7.82 Å². The summed E-state index contributed by atoms with van der Waals surface area (Å²) < 4.78 is 44.7. The van der Waals surface area contributed by atoms with Gasteiger partial charge in [-0.1, -0.05) is 11.8 Å². The summed E-state index contributed by atoms with van der Waals surface area (Å²) in [6.45, 7) is 0.381. The molecule has 25 heteroatoms. The maximum Gasteiger partial charge on any atom is 0.472 e. The molecule has 55 heavy (non-hydrogen) atoms. The van der Waals surface area contributed by atoms with Crippen LogP contribution in [0.3, 0.4) is 0 Å². The number of fused-ring (bicyclic) bond motifs is 1. The van der Waals surface area contributed by atoms with Gasteiger partial charge in [0.15, 0.2) is 18.1 Å². The van der Waals surface area contributed by atoms with Crippen molar-refractivity contribution in [2.24, 2.45) is 5.73 Å². The average molecular weight is 791 g/mol. The molecule has 2 aliphatic heterocycles. The number of aromatic amines is 1. The summed E-state index contributed by atoms with van der Waals surface area (Å²) in [7, 11) is -4.89. The van der Waals surface area contributed by atoms with Crippen LogP contribution in [0.25, 0.3) is 11.2 Å². The third kappa shape index (κ3) is 9.24. The number of carboxylic acids is 1. The number of phosphoric ester groups is 1. The maximum absolute atomic E-state index is 13.3. The highest BCUT2D eigenvalue weighted by atomic mass is 31.2. The molecule has 8 N–H and O–H groups in total. The molecule has 4 unspecified atom stereocenters. The van der Waals surface area contributed by atoms with Gasteiger partial charge in [0.25, 0.3) is 5.56 Å². The Morgan fingerprint density at radius 1 is 1.13 bits per heavy atom. The van der Waals surface area contributed by atoms with Crippen LogP contribution in [0.15, 0.2) is 40.8 Å². The SMILES string of the molecule is Cc1nccn1OC[C@H]1O[C@@H](n2cnc3c(N)ncnc32)CC1OP(=O)(O)OC[C@H]1O[C@@H](n2cc(C#CCOC(=O)C(N)CC(=O)O)c(=O)[nH]c2=O)CC1O. The summed E-state index contributed by atoms with van der Waals surface area (Å²) in [6, 6.07) is -1.41. The fourth-order valence-corrected chi connectivity index (χ4v) is 6.64. The molecule has 2 saturated heterocycles. The average Bonchev–Trinajstić information content (AvgIpc) is 3.92. The lowest BCUT2D eigenvalue weighted by Crippen LogP contribution is -2.34. The number of hydrogen-bond acceptors (Lipinski definition) is 18. The fourth-order valence-electron chi connectivity index (χ4n) is 5.68. The number of nitrogens with two attached hydrogens (primary N) is 2. The zero-order valence-corrected chi connectivity index (χ0v) is 29.6. The second kappa shape index (κ2) is 16.5. The number of aliphatic hydroxyl groups is 1. The monoisotopic (exact) mass is 790 g/mol. The van der Waals surface area contributed by atoms with Gasteiger partial charge in [-0.3, -0.25) is 37.5 Å². The largest absolute Gasteiger partial charge is 0.481 e. The van der Waals surface area contributed by atoms with Gasteiger partial charge in [0.2, 0.25) is 0 Å². The standard InChI is InChI=1S/C30H35N10O14P/c1-15-33-4-5-40(15)50-11-21-19(9-23(53-21)39-14-36-25-26(32)34-13-35-27(25)39)54-55(47,48)51-12-20-18(41)8-22(52-20)38-10-16(28(44)37-30(38)46)3-2-6-49-29(45)17(31)7-24(42)43/h4-5,10,13-14,17-23,41H,6-9,11-12,31H2,1H3,(H,42,43)(H,47,48)(H2,32,34,35)(H,37,44,46)/t17?,18?,19?,20-,21-,22-,23-/m1/s1. The van der Waals surface area contributed by atoms with Crippen molar-refractivity contribution in [2.45, 2.75) is 69.1 Å². The third-order valence-corrected chi connectivity index (χ3v) is 9.41. The van der Waals surface area contributed by atoms with Crippen LogP contribution in [0.4, 0.5) is 5.82 Å². The highest BCUT2D eigenvalue weighted by Crippen LogP contribution is 2.49. The number of carboxylic acid groups (broad SMARTS) is 1. The van der Waals surface area contributed by atoms with Crippen molar-refractivity contribution in [1.82, 2.24) is 38.8 Å². The number of nitrogens with one attached hydrogen (secondary N) is 1. The minimum Gasteiger partial charge on any atom is -0.481 e. The van der Waals surface area contributed by atoms with Gasteiger partial charge in [-0.2, -0.15) is 4.73 Å². The van der Waals surface area contributed by atoms with Gasteiger partial charge < -0.3 is 45.6 Å². The van der Waals surface area contributed by atoms with E-state index in [1.54, 1.807) is 17.7 Å². The normalized spacial score (nSPS) is 23.9. The van der Waals surface area contributed by atoms with Crippen LogP contribution in [0, 0.1) is 18.8 Å². The molecule has 0 radical (unpaired) electrons. The number of ether oxygens (including phenoxy) is 3. The molecule has 6 rings (SSSR count). The van der Waals surface area contributed by atoms with E-state index in [4.69, 9.17) is 44.7 Å². The number of rotatable bonds is 14. The Bertz CT molecular complexity index is 2280. The van der Waals surface area contributed by atoms with Crippen LogP contribution in [-0.2, 0) is 37.4 Å². The number of aliphatic carboxylic acids is 1. The van der Waals surface area contributed by atoms with E-state index in [2.05, 4.69) is 36.8 Å². The minimum absolute atomic E-state index is 0.0197. The molecule has 0 aromatic carbocycles. The second-order valence-corrected chi connectivity index (χ2v) is 13.6. The number of nitrogen functional groups attached to an aromatic ring is 1. The Morgan fingerprint density at radius 3 is 2.64 bits per heavy atom. The lowest BCUT2D eigenvalue weighted by Gasteiger charge is -2.23. The summed E-state index contributed by atoms with van der Waals surface area (Å²) in [5.74, 6) is 3.19. The molecule has 6 heterocycles. The molecule has 0 amide bonds. The Kier molecular flexibility index (Phi) is 11.7. The Labute approximate surface area is 308 Å². The Hall–Kier alpha value is -5.51. The van der Waals surface area contributed by atoms with E-state index in [1.165, 1.54) is 23.6 Å². The lowest BCUT2D eigenvalue weighted by molar-refractivity contribution is -0.148. The number of imidazole rings is 2. The van der Waals surface area contributed by atoms with Crippen molar-refractivity contribution < 1.29 is 57.4 Å².